The predicted octanol–water partition coefficient (Wildman–Crippen LogP) is 1.66. The zero-order chi connectivity index (χ0) is 16.4. The number of carboxylic acids is 1. The van der Waals surface area contributed by atoms with Crippen molar-refractivity contribution in [2.75, 3.05) is 0 Å². The van der Waals surface area contributed by atoms with Gasteiger partial charge in [0.2, 0.25) is 0 Å². The second-order valence-electron chi connectivity index (χ2n) is 5.46. The normalized spacial score (nSPS) is 20.4. The lowest BCUT2D eigenvalue weighted by molar-refractivity contribution is -0.139. The third-order valence-electron chi connectivity index (χ3n) is 3.95. The Kier molecular flexibility index (Phi) is 4.20. The third-order valence-corrected chi connectivity index (χ3v) is 3.95. The number of carbonyl (C=O) groups excluding carboxylic acids is 1. The van der Waals surface area contributed by atoms with Gasteiger partial charge in [0.15, 0.2) is 5.78 Å². The number of carbonyl (C=O) groups is 2. The molecule has 3 rings (SSSR count). The Balaban J connectivity index is 1.82. The van der Waals surface area contributed by atoms with Crippen LogP contribution in [-0.4, -0.2) is 22.9 Å². The maximum atomic E-state index is 11.3. The van der Waals surface area contributed by atoms with Crippen LogP contribution in [0.5, 0.6) is 0 Å². The maximum Gasteiger partial charge on any atom is 0.324 e. The molecule has 2 aromatic carbocycles. The standard InChI is InChI=1S/C17H17N3O3/c1-10(21)11-2-4-12(5-3-11)13-6-8-14(9-7-13)15-16(17(22)23)19-20-18-15/h2-9,15-16,18-20H,1H3,(H,22,23). The molecule has 2 unspecified atom stereocenters. The van der Waals surface area contributed by atoms with Gasteiger partial charge in [-0.1, -0.05) is 48.5 Å². The van der Waals surface area contributed by atoms with Gasteiger partial charge in [-0.2, -0.15) is 5.53 Å². The monoisotopic (exact) mass is 311 g/mol. The first kappa shape index (κ1) is 15.4. The summed E-state index contributed by atoms with van der Waals surface area (Å²) in [6.45, 7) is 1.54. The van der Waals surface area contributed by atoms with Crippen molar-refractivity contribution in [3.8, 4) is 11.1 Å². The third kappa shape index (κ3) is 3.14. The van der Waals surface area contributed by atoms with Gasteiger partial charge in [0.25, 0.3) is 0 Å². The molecule has 6 nitrogen and oxygen atoms in total. The van der Waals surface area contributed by atoms with E-state index in [1.807, 2.05) is 36.4 Å². The van der Waals surface area contributed by atoms with Crippen LogP contribution in [0.2, 0.25) is 0 Å². The molecule has 1 saturated heterocycles. The lowest BCUT2D eigenvalue weighted by Crippen LogP contribution is -2.38. The van der Waals surface area contributed by atoms with E-state index < -0.39 is 12.0 Å². The number of ketones is 1. The minimum atomic E-state index is -0.920. The summed E-state index contributed by atoms with van der Waals surface area (Å²) >= 11 is 0. The molecule has 1 heterocycles. The molecule has 2 atom stereocenters. The van der Waals surface area contributed by atoms with Gasteiger partial charge in [-0.05, 0) is 23.6 Å². The van der Waals surface area contributed by atoms with E-state index in [-0.39, 0.29) is 11.8 Å². The van der Waals surface area contributed by atoms with E-state index in [4.69, 9.17) is 0 Å². The lowest BCUT2D eigenvalue weighted by atomic mass is 9.97. The largest absolute Gasteiger partial charge is 0.480 e. The number of aliphatic carboxylic acids is 1. The van der Waals surface area contributed by atoms with Crippen LogP contribution in [0, 0.1) is 0 Å². The van der Waals surface area contributed by atoms with Gasteiger partial charge in [0.1, 0.15) is 6.04 Å². The van der Waals surface area contributed by atoms with Crippen LogP contribution in [0.1, 0.15) is 28.9 Å². The predicted molar refractivity (Wildman–Crippen MR) is 85.5 cm³/mol. The molecule has 2 aromatic rings. The molecule has 4 N–H and O–H groups in total. The fourth-order valence-corrected chi connectivity index (χ4v) is 2.62. The van der Waals surface area contributed by atoms with Gasteiger partial charge in [-0.3, -0.25) is 9.59 Å². The Labute approximate surface area is 133 Å². The molecular weight excluding hydrogens is 294 g/mol. The summed E-state index contributed by atoms with van der Waals surface area (Å²) in [5, 5.41) is 9.18. The van der Waals surface area contributed by atoms with E-state index >= 15 is 0 Å². The molecular formula is C17H17N3O3. The fraction of sp³-hybridized carbons (Fsp3) is 0.176. The highest BCUT2D eigenvalue weighted by molar-refractivity contribution is 5.94. The lowest BCUT2D eigenvalue weighted by Gasteiger charge is -2.15. The molecule has 1 aliphatic heterocycles. The Bertz CT molecular complexity index is 726. The van der Waals surface area contributed by atoms with Crippen LogP contribution in [0.3, 0.4) is 0 Å². The molecule has 0 bridgehead atoms. The van der Waals surface area contributed by atoms with Crippen molar-refractivity contribution in [3.63, 3.8) is 0 Å². The van der Waals surface area contributed by atoms with Crippen molar-refractivity contribution in [1.29, 1.82) is 0 Å². The Morgan fingerprint density at radius 2 is 1.48 bits per heavy atom. The molecule has 0 radical (unpaired) electrons. The molecule has 118 valence electrons. The summed E-state index contributed by atoms with van der Waals surface area (Å²) in [5.41, 5.74) is 11.8. The first-order chi connectivity index (χ1) is 11.1. The smallest absolute Gasteiger partial charge is 0.324 e. The number of rotatable bonds is 4. The second-order valence-corrected chi connectivity index (χ2v) is 5.46. The van der Waals surface area contributed by atoms with Crippen LogP contribution >= 0.6 is 0 Å². The van der Waals surface area contributed by atoms with E-state index in [0.717, 1.165) is 16.7 Å². The van der Waals surface area contributed by atoms with Crippen molar-refractivity contribution in [3.05, 3.63) is 59.7 Å². The van der Waals surface area contributed by atoms with E-state index in [0.29, 0.717) is 5.56 Å². The Morgan fingerprint density at radius 1 is 0.913 bits per heavy atom. The SMILES string of the molecule is CC(=O)c1ccc(-c2ccc(C3NNNC3C(=O)O)cc2)cc1. The van der Waals surface area contributed by atoms with E-state index in [1.165, 1.54) is 0 Å². The van der Waals surface area contributed by atoms with Crippen LogP contribution in [0.25, 0.3) is 11.1 Å². The van der Waals surface area contributed by atoms with Gasteiger partial charge in [0.05, 0.1) is 6.04 Å². The van der Waals surface area contributed by atoms with Gasteiger partial charge < -0.3 is 5.11 Å². The molecule has 0 saturated carbocycles. The summed E-state index contributed by atoms with van der Waals surface area (Å²) in [5.74, 6) is -0.879. The Hall–Kier alpha value is -2.54. The summed E-state index contributed by atoms with van der Waals surface area (Å²) < 4.78 is 0. The molecule has 1 aliphatic rings. The van der Waals surface area contributed by atoms with E-state index in [2.05, 4.69) is 16.4 Å². The first-order valence-corrected chi connectivity index (χ1v) is 7.26. The molecule has 6 heteroatoms. The van der Waals surface area contributed by atoms with Crippen LogP contribution in [0.15, 0.2) is 48.5 Å². The number of hydrogen-bond donors (Lipinski definition) is 4. The molecule has 0 spiro atoms. The fourth-order valence-electron chi connectivity index (χ4n) is 2.62. The maximum absolute atomic E-state index is 11.3. The van der Waals surface area contributed by atoms with E-state index in [1.54, 1.807) is 19.1 Å². The minimum absolute atomic E-state index is 0.0407. The molecule has 0 aliphatic carbocycles. The van der Waals surface area contributed by atoms with Gasteiger partial charge in [0, 0.05) is 5.56 Å². The highest BCUT2D eigenvalue weighted by Crippen LogP contribution is 2.24. The van der Waals surface area contributed by atoms with Crippen LogP contribution in [0.4, 0.5) is 0 Å². The van der Waals surface area contributed by atoms with Crippen molar-refractivity contribution in [1.82, 2.24) is 16.4 Å². The Morgan fingerprint density at radius 3 is 2.00 bits per heavy atom. The molecule has 0 amide bonds. The first-order valence-electron chi connectivity index (χ1n) is 7.26. The van der Waals surface area contributed by atoms with Crippen molar-refractivity contribution < 1.29 is 14.7 Å². The average molecular weight is 311 g/mol. The van der Waals surface area contributed by atoms with Gasteiger partial charge in [-0.25, -0.2) is 10.9 Å². The van der Waals surface area contributed by atoms with Crippen LogP contribution < -0.4 is 16.4 Å². The molecule has 1 fully saturated rings. The topological polar surface area (TPSA) is 90.5 Å². The van der Waals surface area contributed by atoms with E-state index in [9.17, 15) is 14.7 Å². The van der Waals surface area contributed by atoms with Crippen molar-refractivity contribution in [2.45, 2.75) is 19.0 Å². The van der Waals surface area contributed by atoms with Gasteiger partial charge in [-0.15, -0.1) is 0 Å². The highest BCUT2D eigenvalue weighted by Gasteiger charge is 2.33. The molecule has 23 heavy (non-hydrogen) atoms. The summed E-state index contributed by atoms with van der Waals surface area (Å²) in [6.07, 6.45) is 0. The van der Waals surface area contributed by atoms with Crippen molar-refractivity contribution >= 4 is 11.8 Å². The number of Topliss-reactive ketones (excluding diaryl/α,β-unsaturated/α-hetero) is 1. The number of hydrazine groups is 2. The zero-order valence-corrected chi connectivity index (χ0v) is 12.5. The second kappa shape index (κ2) is 6.29. The number of hydrogen-bond acceptors (Lipinski definition) is 5. The summed E-state index contributed by atoms with van der Waals surface area (Å²) in [6, 6.07) is 14.0. The number of benzene rings is 2. The number of carboxylic acid groups (broad SMARTS) is 1. The van der Waals surface area contributed by atoms with Gasteiger partial charge >= 0.3 is 5.97 Å². The van der Waals surface area contributed by atoms with Crippen LogP contribution in [-0.2, 0) is 4.79 Å². The highest BCUT2D eigenvalue weighted by atomic mass is 16.4. The summed E-state index contributed by atoms with van der Waals surface area (Å²) in [4.78, 5) is 22.5. The summed E-state index contributed by atoms with van der Waals surface area (Å²) in [7, 11) is 0. The molecule has 0 aromatic heterocycles. The zero-order valence-electron chi connectivity index (χ0n) is 12.5. The van der Waals surface area contributed by atoms with Crippen molar-refractivity contribution in [2.24, 2.45) is 0 Å². The number of nitrogens with one attached hydrogen (secondary N) is 3. The average Bonchev–Trinajstić information content (AvgIpc) is 3.05. The quantitative estimate of drug-likeness (QED) is 0.642. The minimum Gasteiger partial charge on any atom is -0.480 e.